The molecular formula is C29H27FN4O6S2. The lowest BCUT2D eigenvalue weighted by atomic mass is 9.59. The maximum atomic E-state index is 14.3. The van der Waals surface area contributed by atoms with Crippen molar-refractivity contribution in [3.63, 3.8) is 0 Å². The zero-order chi connectivity index (χ0) is 29.0. The van der Waals surface area contributed by atoms with Gasteiger partial charge in [-0.1, -0.05) is 12.1 Å². The molecule has 13 heteroatoms. The van der Waals surface area contributed by atoms with Gasteiger partial charge in [0.1, 0.15) is 22.0 Å². The summed E-state index contributed by atoms with van der Waals surface area (Å²) in [6.45, 7) is 0.210. The molecule has 2 aliphatic heterocycles. The molecule has 6 unspecified atom stereocenters. The number of hydrogen-bond donors (Lipinski definition) is 3. The fourth-order valence-electron chi connectivity index (χ4n) is 9.91. The van der Waals surface area contributed by atoms with E-state index < -0.39 is 26.0 Å². The largest absolute Gasteiger partial charge is 0.511 e. The van der Waals surface area contributed by atoms with Crippen molar-refractivity contribution >= 4 is 43.2 Å². The molecule has 2 aromatic rings. The number of amidine groups is 1. The Hall–Kier alpha value is -3.45. The maximum Gasteiger partial charge on any atom is 0.286 e. The van der Waals surface area contributed by atoms with E-state index in [0.29, 0.717) is 41.4 Å². The van der Waals surface area contributed by atoms with Crippen LogP contribution >= 0.6 is 0 Å². The van der Waals surface area contributed by atoms with Gasteiger partial charge in [0, 0.05) is 24.2 Å². The molecule has 0 aromatic heterocycles. The van der Waals surface area contributed by atoms with E-state index in [4.69, 9.17) is 0 Å². The summed E-state index contributed by atoms with van der Waals surface area (Å²) in [5.41, 5.74) is 0.772. The number of carbonyl (C=O) groups is 1. The summed E-state index contributed by atoms with van der Waals surface area (Å²) in [6, 6.07) is 9.78. The minimum absolute atomic E-state index is 0.0548. The van der Waals surface area contributed by atoms with E-state index in [9.17, 15) is 31.1 Å². The van der Waals surface area contributed by atoms with Gasteiger partial charge in [-0.3, -0.25) is 9.52 Å². The third kappa shape index (κ3) is 3.23. The molecule has 2 heterocycles. The molecule has 0 spiro atoms. The number of aliphatic hydroxyl groups excluding tert-OH is 1. The van der Waals surface area contributed by atoms with E-state index in [0.717, 1.165) is 11.8 Å². The smallest absolute Gasteiger partial charge is 0.286 e. The number of nitrogens with zero attached hydrogens (tertiary/aromatic N) is 2. The van der Waals surface area contributed by atoms with Crippen molar-refractivity contribution in [3.05, 3.63) is 65.2 Å². The van der Waals surface area contributed by atoms with E-state index >= 15 is 0 Å². The Morgan fingerprint density at radius 1 is 1.05 bits per heavy atom. The average molecular weight is 611 g/mol. The highest BCUT2D eigenvalue weighted by Gasteiger charge is 2.85. The van der Waals surface area contributed by atoms with Gasteiger partial charge in [-0.05, 0) is 89.7 Å². The van der Waals surface area contributed by atoms with E-state index in [1.807, 2.05) is 0 Å². The van der Waals surface area contributed by atoms with Crippen LogP contribution in [0.25, 0.3) is 0 Å². The quantitative estimate of drug-likeness (QED) is 0.472. The summed E-state index contributed by atoms with van der Waals surface area (Å²) in [7, 11) is -8.01. The zero-order valence-electron chi connectivity index (χ0n) is 22.3. The molecule has 1 amide bonds. The first kappa shape index (κ1) is 25.1. The second kappa shape index (κ2) is 7.73. The second-order valence-corrected chi connectivity index (χ2v) is 16.3. The number of sulfonamides is 2. The van der Waals surface area contributed by atoms with Crippen LogP contribution in [0.2, 0.25) is 0 Å². The summed E-state index contributed by atoms with van der Waals surface area (Å²) in [5, 5.41) is 14.8. The molecule has 9 aliphatic rings. The zero-order valence-corrected chi connectivity index (χ0v) is 23.9. The van der Waals surface area contributed by atoms with Crippen molar-refractivity contribution in [3.8, 4) is 0 Å². The lowest BCUT2D eigenvalue weighted by Crippen LogP contribution is -2.61. The summed E-state index contributed by atoms with van der Waals surface area (Å²) in [5.74, 6) is 2.50. The van der Waals surface area contributed by atoms with Crippen LogP contribution < -0.4 is 10.0 Å². The summed E-state index contributed by atoms with van der Waals surface area (Å²) in [4.78, 5) is 15.9. The standard InChI is InChI=1S/C29H27FN4O6S2/c1-41(37,38)32-13-6-7-16-17(8-13)42(39,40)33-28(31-16)25-27(35)24-22-18-14-9-15-19(22)21(15)23(20(14)18)26(24)34(29(25)36)10-11-2-4-12(30)5-3-11/h2-8,14-15,18-24,26,32,35H,9-10H2,1H3,(H,31,33)/t14?,15?,18?,19?,20?,21?,22?,23?,24-,26+/m0/s1. The van der Waals surface area contributed by atoms with Crippen LogP contribution in [0.1, 0.15) is 12.0 Å². The van der Waals surface area contributed by atoms with E-state index in [1.54, 1.807) is 17.0 Å². The number of hydrogen-bond acceptors (Lipinski definition) is 7. The lowest BCUT2D eigenvalue weighted by Gasteiger charge is -2.54. The van der Waals surface area contributed by atoms with Crippen LogP contribution in [0.15, 0.2) is 63.1 Å². The molecule has 11 rings (SSSR count). The van der Waals surface area contributed by atoms with E-state index in [2.05, 4.69) is 14.4 Å². The number of benzene rings is 2. The molecule has 218 valence electrons. The SMILES string of the molecule is CS(=O)(=O)Nc1ccc2c(c1)S(=O)(=O)N=C(C1=C(O)[C@H]3C4C5C6CC7C(C74)C(C65)[C@H]3N(Cc3ccc(F)cc3)C1=O)N2. The normalized spacial score (nSPS) is 39.1. The average Bonchev–Trinajstić information content (AvgIpc) is 3.84. The molecule has 7 aliphatic carbocycles. The number of anilines is 2. The van der Waals surface area contributed by atoms with Gasteiger partial charge in [0.25, 0.3) is 15.9 Å². The van der Waals surface area contributed by atoms with Crippen LogP contribution in [-0.2, 0) is 31.4 Å². The van der Waals surface area contributed by atoms with Gasteiger partial charge in [-0.15, -0.1) is 4.40 Å². The number of halogens is 1. The van der Waals surface area contributed by atoms with Gasteiger partial charge in [-0.2, -0.15) is 8.42 Å². The van der Waals surface area contributed by atoms with Gasteiger partial charge in [0.15, 0.2) is 5.84 Å². The molecule has 0 saturated heterocycles. The number of aliphatic hydroxyl groups is 1. The Labute approximate surface area is 241 Å². The predicted octanol–water partition coefficient (Wildman–Crippen LogP) is 2.94. The molecule has 10 nitrogen and oxygen atoms in total. The lowest BCUT2D eigenvalue weighted by molar-refractivity contribution is -0.141. The molecule has 42 heavy (non-hydrogen) atoms. The molecule has 7 fully saturated rings. The molecule has 8 atom stereocenters. The summed E-state index contributed by atoms with van der Waals surface area (Å²) in [6.07, 6.45) is 2.19. The molecule has 0 radical (unpaired) electrons. The predicted molar refractivity (Wildman–Crippen MR) is 150 cm³/mol. The number of rotatable bonds is 5. The van der Waals surface area contributed by atoms with Crippen molar-refractivity contribution in [2.24, 2.45) is 57.7 Å². The monoisotopic (exact) mass is 610 g/mol. The van der Waals surface area contributed by atoms with Crippen LogP contribution in [0.3, 0.4) is 0 Å². The van der Waals surface area contributed by atoms with Crippen molar-refractivity contribution in [1.29, 1.82) is 0 Å². The summed E-state index contributed by atoms with van der Waals surface area (Å²) < 4.78 is 70.0. The Bertz CT molecular complexity index is 1890. The van der Waals surface area contributed by atoms with Gasteiger partial charge >= 0.3 is 0 Å². The van der Waals surface area contributed by atoms with Crippen molar-refractivity contribution in [1.82, 2.24) is 4.90 Å². The van der Waals surface area contributed by atoms with E-state index in [1.165, 1.54) is 36.8 Å². The molecular weight excluding hydrogens is 583 g/mol. The molecule has 3 N–H and O–H groups in total. The first-order valence-corrected chi connectivity index (χ1v) is 17.5. The fraction of sp³-hybridized carbons (Fsp3) is 0.448. The highest BCUT2D eigenvalue weighted by molar-refractivity contribution is 7.92. The van der Waals surface area contributed by atoms with Gasteiger partial charge < -0.3 is 15.3 Å². The van der Waals surface area contributed by atoms with Crippen molar-refractivity contribution in [2.75, 3.05) is 16.3 Å². The third-order valence-corrected chi connectivity index (χ3v) is 12.9. The Morgan fingerprint density at radius 3 is 2.38 bits per heavy atom. The van der Waals surface area contributed by atoms with Crippen LogP contribution in [-0.4, -0.2) is 50.9 Å². The van der Waals surface area contributed by atoms with E-state index in [-0.39, 0.29) is 63.7 Å². The fourth-order valence-corrected chi connectivity index (χ4v) is 11.6. The number of nitrogens with one attached hydrogen (secondary N) is 2. The van der Waals surface area contributed by atoms with Crippen LogP contribution in [0.5, 0.6) is 0 Å². The first-order valence-electron chi connectivity index (χ1n) is 14.2. The third-order valence-electron chi connectivity index (χ3n) is 11.0. The summed E-state index contributed by atoms with van der Waals surface area (Å²) >= 11 is 0. The van der Waals surface area contributed by atoms with Crippen LogP contribution in [0, 0.1) is 59.1 Å². The Morgan fingerprint density at radius 2 is 1.71 bits per heavy atom. The van der Waals surface area contributed by atoms with Crippen LogP contribution in [0.4, 0.5) is 15.8 Å². The topological polar surface area (TPSA) is 145 Å². The van der Waals surface area contributed by atoms with Gasteiger partial charge in [-0.25, -0.2) is 12.8 Å². The first-order chi connectivity index (χ1) is 19.9. The number of carbonyl (C=O) groups excluding carboxylic acids is 1. The van der Waals surface area contributed by atoms with Crippen molar-refractivity contribution < 1.29 is 31.1 Å². The Kier molecular flexibility index (Phi) is 4.62. The maximum absolute atomic E-state index is 14.3. The van der Waals surface area contributed by atoms with Gasteiger partial charge in [0.05, 0.1) is 11.9 Å². The highest BCUT2D eigenvalue weighted by Crippen LogP contribution is 2.87. The number of amides is 1. The minimum atomic E-state index is -4.36. The second-order valence-electron chi connectivity index (χ2n) is 13.0. The van der Waals surface area contributed by atoms with Gasteiger partial charge in [0.2, 0.25) is 10.0 Å². The highest BCUT2D eigenvalue weighted by atomic mass is 32.2. The Balaban J connectivity index is 1.15. The molecule has 2 aromatic carbocycles. The molecule has 7 saturated carbocycles. The number of fused-ring (bicyclic) bond motifs is 1. The minimum Gasteiger partial charge on any atom is -0.511 e. The van der Waals surface area contributed by atoms with Crippen molar-refractivity contribution in [2.45, 2.75) is 23.9 Å². The molecule has 8 bridgehead atoms.